The maximum atomic E-state index is 13.1. The van der Waals surface area contributed by atoms with Gasteiger partial charge in [-0.3, -0.25) is 4.79 Å². The summed E-state index contributed by atoms with van der Waals surface area (Å²) < 4.78 is 40.6. The van der Waals surface area contributed by atoms with Crippen LogP contribution in [0.4, 0.5) is 9.52 Å². The average molecular weight is 448 g/mol. The van der Waals surface area contributed by atoms with Gasteiger partial charge >= 0.3 is 0 Å². The lowest BCUT2D eigenvalue weighted by atomic mass is 10.1. The first-order valence-corrected chi connectivity index (χ1v) is 11.6. The molecule has 2 N–H and O–H groups in total. The molecule has 0 bridgehead atoms. The van der Waals surface area contributed by atoms with Crippen molar-refractivity contribution in [1.82, 2.24) is 9.71 Å². The molecule has 3 aromatic rings. The van der Waals surface area contributed by atoms with Gasteiger partial charge in [-0.1, -0.05) is 12.1 Å². The predicted octanol–water partition coefficient (Wildman–Crippen LogP) is 4.18. The number of benzene rings is 2. The molecule has 0 unspecified atom stereocenters. The number of carbonyl (C=O) groups excluding carboxylic acids is 1. The lowest BCUT2D eigenvalue weighted by molar-refractivity contribution is -0.116. The van der Waals surface area contributed by atoms with E-state index in [4.69, 9.17) is 0 Å². The first kappa shape index (κ1) is 22.1. The zero-order valence-electron chi connectivity index (χ0n) is 16.8. The van der Waals surface area contributed by atoms with Crippen LogP contribution in [0.2, 0.25) is 0 Å². The zero-order valence-corrected chi connectivity index (χ0v) is 18.5. The number of sulfonamides is 1. The van der Waals surface area contributed by atoms with Gasteiger partial charge in [0.2, 0.25) is 15.9 Å². The lowest BCUT2D eigenvalue weighted by Gasteiger charge is -2.10. The van der Waals surface area contributed by atoms with E-state index < -0.39 is 10.0 Å². The molecule has 0 saturated heterocycles. The molecule has 158 valence electrons. The number of nitrogens with zero attached hydrogens (tertiary/aromatic N) is 1. The maximum absolute atomic E-state index is 13.1. The fourth-order valence-corrected chi connectivity index (χ4v) is 5.09. The highest BCUT2D eigenvalue weighted by Crippen LogP contribution is 2.30. The largest absolute Gasteiger partial charge is 0.302 e. The Morgan fingerprint density at radius 1 is 1.10 bits per heavy atom. The molecule has 0 spiro atoms. The van der Waals surface area contributed by atoms with Crippen molar-refractivity contribution in [2.45, 2.75) is 32.1 Å². The zero-order chi connectivity index (χ0) is 21.9. The van der Waals surface area contributed by atoms with E-state index in [0.717, 1.165) is 16.0 Å². The Balaban J connectivity index is 1.59. The summed E-state index contributed by atoms with van der Waals surface area (Å²) >= 11 is 1.31. The number of amides is 1. The lowest BCUT2D eigenvalue weighted by Crippen LogP contribution is -2.28. The van der Waals surface area contributed by atoms with Crippen LogP contribution in [-0.2, 0) is 14.8 Å². The molecule has 0 radical (unpaired) electrons. The molecule has 30 heavy (non-hydrogen) atoms. The fraction of sp³-hybridized carbons (Fsp3) is 0.238. The van der Waals surface area contributed by atoms with Gasteiger partial charge in [0, 0.05) is 23.4 Å². The van der Waals surface area contributed by atoms with Crippen LogP contribution in [0, 0.1) is 26.6 Å². The summed E-state index contributed by atoms with van der Waals surface area (Å²) in [6, 6.07) is 11.2. The van der Waals surface area contributed by atoms with Gasteiger partial charge in [-0.15, -0.1) is 11.3 Å². The van der Waals surface area contributed by atoms with Crippen molar-refractivity contribution in [2.24, 2.45) is 0 Å². The number of anilines is 1. The Kier molecular flexibility index (Phi) is 6.64. The van der Waals surface area contributed by atoms with Crippen molar-refractivity contribution in [3.8, 4) is 11.3 Å². The summed E-state index contributed by atoms with van der Waals surface area (Å²) in [6.45, 7) is 5.38. The van der Waals surface area contributed by atoms with Crippen molar-refractivity contribution in [2.75, 3.05) is 11.9 Å². The molecule has 9 heteroatoms. The molecule has 1 amide bonds. The summed E-state index contributed by atoms with van der Waals surface area (Å²) in [5.74, 6) is -0.679. The molecular formula is C21H22FN3O3S2. The minimum absolute atomic E-state index is 0.0310. The molecule has 0 aliphatic rings. The number of rotatable bonds is 7. The van der Waals surface area contributed by atoms with E-state index >= 15 is 0 Å². The number of aromatic nitrogens is 1. The summed E-state index contributed by atoms with van der Waals surface area (Å²) in [5.41, 5.74) is 2.91. The van der Waals surface area contributed by atoms with E-state index in [-0.39, 0.29) is 29.6 Å². The highest BCUT2D eigenvalue weighted by atomic mass is 32.2. The van der Waals surface area contributed by atoms with Crippen molar-refractivity contribution in [3.63, 3.8) is 0 Å². The average Bonchev–Trinajstić information content (AvgIpc) is 3.04. The van der Waals surface area contributed by atoms with E-state index in [1.165, 1.54) is 23.5 Å². The van der Waals surface area contributed by atoms with Crippen molar-refractivity contribution in [1.29, 1.82) is 0 Å². The highest BCUT2D eigenvalue weighted by Gasteiger charge is 2.18. The van der Waals surface area contributed by atoms with E-state index in [2.05, 4.69) is 15.0 Å². The molecule has 0 saturated carbocycles. The third-order valence-corrected chi connectivity index (χ3v) is 6.93. The number of aryl methyl sites for hydroxylation is 3. The number of hydrogen-bond donors (Lipinski definition) is 2. The second kappa shape index (κ2) is 9.03. The van der Waals surface area contributed by atoms with Crippen molar-refractivity contribution in [3.05, 3.63) is 64.3 Å². The second-order valence-corrected chi connectivity index (χ2v) is 9.83. The third-order valence-electron chi connectivity index (χ3n) is 4.44. The molecule has 0 aliphatic heterocycles. The van der Waals surface area contributed by atoms with Crippen LogP contribution in [0.15, 0.2) is 47.4 Å². The van der Waals surface area contributed by atoms with Crippen LogP contribution < -0.4 is 10.0 Å². The summed E-state index contributed by atoms with van der Waals surface area (Å²) in [4.78, 5) is 17.7. The normalized spacial score (nSPS) is 11.5. The number of hydrogen-bond acceptors (Lipinski definition) is 5. The fourth-order valence-electron chi connectivity index (χ4n) is 2.88. The molecular weight excluding hydrogens is 425 g/mol. The van der Waals surface area contributed by atoms with Crippen LogP contribution in [0.5, 0.6) is 0 Å². The SMILES string of the molecule is Cc1ccc(C)c(S(=O)(=O)NCCC(=O)Nc2nc(-c3ccc(F)cc3)c(C)s2)c1. The van der Waals surface area contributed by atoms with Gasteiger partial charge in [0.15, 0.2) is 5.13 Å². The van der Waals surface area contributed by atoms with Crippen molar-refractivity contribution >= 4 is 32.4 Å². The van der Waals surface area contributed by atoms with E-state index in [0.29, 0.717) is 16.4 Å². The third kappa shape index (κ3) is 5.29. The topological polar surface area (TPSA) is 88.2 Å². The first-order valence-electron chi connectivity index (χ1n) is 9.26. The molecule has 3 rings (SSSR count). The molecule has 6 nitrogen and oxygen atoms in total. The number of nitrogens with one attached hydrogen (secondary N) is 2. The monoisotopic (exact) mass is 447 g/mol. The number of halogens is 1. The van der Waals surface area contributed by atoms with Crippen LogP contribution >= 0.6 is 11.3 Å². The van der Waals surface area contributed by atoms with E-state index in [1.54, 1.807) is 31.2 Å². The molecule has 2 aromatic carbocycles. The quantitative estimate of drug-likeness (QED) is 0.569. The Morgan fingerprint density at radius 2 is 1.80 bits per heavy atom. The molecule has 1 aromatic heterocycles. The summed E-state index contributed by atoms with van der Waals surface area (Å²) in [6.07, 6.45) is -0.0331. The Bertz CT molecular complexity index is 1170. The maximum Gasteiger partial charge on any atom is 0.240 e. The molecule has 0 atom stereocenters. The van der Waals surface area contributed by atoms with Crippen LogP contribution in [0.25, 0.3) is 11.3 Å². The van der Waals surface area contributed by atoms with Gasteiger partial charge in [0.1, 0.15) is 5.82 Å². The first-order chi connectivity index (χ1) is 14.2. The summed E-state index contributed by atoms with van der Waals surface area (Å²) in [7, 11) is -3.70. The molecule has 1 heterocycles. The van der Waals surface area contributed by atoms with E-state index in [1.807, 2.05) is 19.9 Å². The van der Waals surface area contributed by atoms with Gasteiger partial charge < -0.3 is 5.32 Å². The number of thiazole rings is 1. The number of carbonyl (C=O) groups is 1. The summed E-state index contributed by atoms with van der Waals surface area (Å²) in [5, 5.41) is 3.10. The van der Waals surface area contributed by atoms with Crippen LogP contribution in [0.1, 0.15) is 22.4 Å². The van der Waals surface area contributed by atoms with Gasteiger partial charge in [-0.05, 0) is 62.2 Å². The second-order valence-electron chi connectivity index (χ2n) is 6.90. The van der Waals surface area contributed by atoms with Gasteiger partial charge in [0.05, 0.1) is 10.6 Å². The van der Waals surface area contributed by atoms with Crippen LogP contribution in [-0.4, -0.2) is 25.9 Å². The van der Waals surface area contributed by atoms with Gasteiger partial charge in [0.25, 0.3) is 0 Å². The minimum Gasteiger partial charge on any atom is -0.302 e. The van der Waals surface area contributed by atoms with Crippen molar-refractivity contribution < 1.29 is 17.6 Å². The van der Waals surface area contributed by atoms with Crippen LogP contribution in [0.3, 0.4) is 0 Å². The Labute approximate surface area is 179 Å². The molecule has 0 fully saturated rings. The Hall–Kier alpha value is -2.62. The Morgan fingerprint density at radius 3 is 2.50 bits per heavy atom. The van der Waals surface area contributed by atoms with E-state index in [9.17, 15) is 17.6 Å². The van der Waals surface area contributed by atoms with Gasteiger partial charge in [-0.25, -0.2) is 22.5 Å². The smallest absolute Gasteiger partial charge is 0.240 e. The predicted molar refractivity (Wildman–Crippen MR) is 117 cm³/mol. The minimum atomic E-state index is -3.70. The van der Waals surface area contributed by atoms with Gasteiger partial charge in [-0.2, -0.15) is 0 Å². The standard InChI is InChI=1S/C21H22FN3O3S2/c1-13-4-5-14(2)18(12-13)30(27,28)23-11-10-19(26)24-21-25-20(15(3)29-21)16-6-8-17(22)9-7-16/h4-9,12,23H,10-11H2,1-3H3,(H,24,25,26). The highest BCUT2D eigenvalue weighted by molar-refractivity contribution is 7.89. The molecule has 0 aliphatic carbocycles.